The quantitative estimate of drug-likeness (QED) is 0.433. The number of fused-ring (bicyclic) bond motifs is 5. The van der Waals surface area contributed by atoms with Gasteiger partial charge >= 0.3 is 10.8 Å². The molecule has 0 saturated carbocycles. The van der Waals surface area contributed by atoms with Crippen LogP contribution in [0.25, 0.3) is 0 Å². The largest absolute Gasteiger partial charge is 0.465 e. The Bertz CT molecular complexity index is 1100. The van der Waals surface area contributed by atoms with Gasteiger partial charge in [-0.3, -0.25) is 9.59 Å². The van der Waals surface area contributed by atoms with Crippen LogP contribution in [0.4, 0.5) is 0 Å². The number of furan rings is 1. The number of thiazole rings is 1. The van der Waals surface area contributed by atoms with Crippen LogP contribution in [0.15, 0.2) is 49.0 Å². The summed E-state index contributed by atoms with van der Waals surface area (Å²) in [5.41, 5.74) is 0.911. The lowest BCUT2D eigenvalue weighted by atomic mass is 9.79. The number of H-pyrrole nitrogens is 1. The molecule has 0 radical (unpaired) electrons. The molecule has 3 atom stereocenters. The van der Waals surface area contributed by atoms with Gasteiger partial charge in [-0.1, -0.05) is 39.0 Å². The number of ether oxygens (including phenoxy) is 1. The van der Waals surface area contributed by atoms with E-state index in [0.717, 1.165) is 42.8 Å². The van der Waals surface area contributed by atoms with Gasteiger partial charge < -0.3 is 14.1 Å². The first-order valence-electron chi connectivity index (χ1n) is 7.98. The Hall–Kier alpha value is -1.77. The van der Waals surface area contributed by atoms with Crippen molar-refractivity contribution < 1.29 is 13.9 Å². The van der Waals surface area contributed by atoms with E-state index in [4.69, 9.17) is 9.15 Å². The van der Waals surface area contributed by atoms with Crippen LogP contribution in [0.1, 0.15) is 33.1 Å². The molecular weight excluding hydrogens is 438 g/mol. The standard InChI is InChI=1S/C18H12BrNO4S2/c1-7-2-4-11(23-7)14-13-12(15-16(25-14)20-18(22)26-15)9-6-8(19)3-5-10(9)24-17(13)21/h2-6,12-14H,1H3,(H,20,22)/t12-,13-,14-/m0/s1. The number of aryl methyl sites for hydroxylation is 1. The summed E-state index contributed by atoms with van der Waals surface area (Å²) in [7, 11) is 0. The molecule has 26 heavy (non-hydrogen) atoms. The fourth-order valence-corrected chi connectivity index (χ4v) is 6.54. The van der Waals surface area contributed by atoms with Gasteiger partial charge in [0.05, 0.1) is 16.2 Å². The molecule has 5 nitrogen and oxygen atoms in total. The van der Waals surface area contributed by atoms with Crippen molar-refractivity contribution in [3.05, 3.63) is 66.4 Å². The Kier molecular flexibility index (Phi) is 3.70. The molecule has 0 amide bonds. The highest BCUT2D eigenvalue weighted by Gasteiger charge is 2.50. The van der Waals surface area contributed by atoms with Gasteiger partial charge in [0, 0.05) is 20.8 Å². The third-order valence-electron chi connectivity index (χ3n) is 4.69. The summed E-state index contributed by atoms with van der Waals surface area (Å²) in [6, 6.07) is 9.38. The summed E-state index contributed by atoms with van der Waals surface area (Å²) in [5, 5.41) is 0.548. The second-order valence-electron chi connectivity index (χ2n) is 6.30. The second-order valence-corrected chi connectivity index (χ2v) is 9.38. The Labute approximate surface area is 164 Å². The number of esters is 1. The molecule has 0 unspecified atom stereocenters. The van der Waals surface area contributed by atoms with Crippen molar-refractivity contribution in [1.29, 1.82) is 0 Å². The predicted octanol–water partition coefficient (Wildman–Crippen LogP) is 4.61. The summed E-state index contributed by atoms with van der Waals surface area (Å²) >= 11 is 6.13. The van der Waals surface area contributed by atoms with Gasteiger partial charge in [-0.15, -0.1) is 0 Å². The van der Waals surface area contributed by atoms with E-state index in [1.165, 1.54) is 11.8 Å². The maximum absolute atomic E-state index is 12.9. The highest BCUT2D eigenvalue weighted by atomic mass is 79.9. The third-order valence-corrected chi connectivity index (χ3v) is 7.61. The molecule has 2 aliphatic rings. The SMILES string of the molecule is Cc1ccc([C@@H]2Sc3[nH]c(=O)sc3[C@H]3c4cc(Br)ccc4OC(=O)[C@@H]32)o1. The predicted molar refractivity (Wildman–Crippen MR) is 102 cm³/mol. The number of hydrogen-bond acceptors (Lipinski definition) is 6. The molecular formula is C18H12BrNO4S2. The van der Waals surface area contributed by atoms with Crippen LogP contribution in [-0.2, 0) is 4.79 Å². The number of aromatic amines is 1. The van der Waals surface area contributed by atoms with Crippen molar-refractivity contribution in [2.45, 2.75) is 23.1 Å². The molecule has 3 aromatic rings. The number of halogens is 1. The zero-order valence-electron chi connectivity index (χ0n) is 13.4. The van der Waals surface area contributed by atoms with Gasteiger partial charge in [-0.25, -0.2) is 0 Å². The van der Waals surface area contributed by atoms with E-state index in [1.54, 1.807) is 6.07 Å². The van der Waals surface area contributed by atoms with Gasteiger partial charge in [0.15, 0.2) is 0 Å². The summed E-state index contributed by atoms with van der Waals surface area (Å²) < 4.78 is 12.4. The van der Waals surface area contributed by atoms with E-state index >= 15 is 0 Å². The monoisotopic (exact) mass is 449 g/mol. The number of thioether (sulfide) groups is 1. The van der Waals surface area contributed by atoms with E-state index in [0.29, 0.717) is 5.75 Å². The average Bonchev–Trinajstić information content (AvgIpc) is 3.19. The van der Waals surface area contributed by atoms with E-state index in [9.17, 15) is 9.59 Å². The molecule has 0 saturated heterocycles. The number of carbonyl (C=O) groups excluding carboxylic acids is 1. The number of aromatic nitrogens is 1. The Morgan fingerprint density at radius 2 is 2.04 bits per heavy atom. The van der Waals surface area contributed by atoms with Gasteiger partial charge in [0.25, 0.3) is 0 Å². The lowest BCUT2D eigenvalue weighted by Crippen LogP contribution is -2.37. The summed E-state index contributed by atoms with van der Waals surface area (Å²) in [6.45, 7) is 1.87. The van der Waals surface area contributed by atoms with Gasteiger partial charge in [-0.05, 0) is 37.3 Å². The van der Waals surface area contributed by atoms with Crippen LogP contribution in [0.3, 0.4) is 0 Å². The number of carbonyl (C=O) groups is 1. The normalized spacial score (nSPS) is 23.8. The van der Waals surface area contributed by atoms with Crippen molar-refractivity contribution in [1.82, 2.24) is 4.98 Å². The minimum atomic E-state index is -0.453. The number of benzene rings is 1. The number of hydrogen-bond donors (Lipinski definition) is 1. The Morgan fingerprint density at radius 1 is 1.19 bits per heavy atom. The second kappa shape index (κ2) is 5.87. The average molecular weight is 450 g/mol. The minimum absolute atomic E-state index is 0.118. The van der Waals surface area contributed by atoms with Crippen LogP contribution in [0.5, 0.6) is 5.75 Å². The maximum Gasteiger partial charge on any atom is 0.316 e. The van der Waals surface area contributed by atoms with Gasteiger partial charge in [0.1, 0.15) is 17.3 Å². The molecule has 1 N–H and O–H groups in total. The molecule has 0 bridgehead atoms. The van der Waals surface area contributed by atoms with Crippen molar-refractivity contribution >= 4 is 45.0 Å². The van der Waals surface area contributed by atoms with Crippen molar-refractivity contribution in [3.63, 3.8) is 0 Å². The molecule has 4 heterocycles. The highest BCUT2D eigenvalue weighted by molar-refractivity contribution is 9.10. The van der Waals surface area contributed by atoms with Crippen LogP contribution in [-0.4, -0.2) is 11.0 Å². The smallest absolute Gasteiger partial charge is 0.316 e. The summed E-state index contributed by atoms with van der Waals surface area (Å²) in [6.07, 6.45) is 0. The summed E-state index contributed by atoms with van der Waals surface area (Å²) in [5.74, 6) is 1.07. The number of nitrogens with one attached hydrogen (secondary N) is 1. The van der Waals surface area contributed by atoms with Gasteiger partial charge in [-0.2, -0.15) is 0 Å². The van der Waals surface area contributed by atoms with Crippen molar-refractivity contribution in [2.75, 3.05) is 0 Å². The van der Waals surface area contributed by atoms with Gasteiger partial charge in [0.2, 0.25) is 0 Å². The van der Waals surface area contributed by atoms with Crippen LogP contribution in [0.2, 0.25) is 0 Å². The first-order chi connectivity index (χ1) is 12.5. The molecule has 2 aliphatic heterocycles. The van der Waals surface area contributed by atoms with Crippen molar-refractivity contribution in [2.24, 2.45) is 5.92 Å². The maximum atomic E-state index is 12.9. The number of rotatable bonds is 1. The third kappa shape index (κ3) is 2.43. The van der Waals surface area contributed by atoms with Crippen LogP contribution in [0, 0.1) is 12.8 Å². The topological polar surface area (TPSA) is 72.3 Å². The van der Waals surface area contributed by atoms with E-state index < -0.39 is 5.92 Å². The molecule has 1 aromatic carbocycles. The van der Waals surface area contributed by atoms with E-state index in [1.807, 2.05) is 31.2 Å². The van der Waals surface area contributed by atoms with E-state index in [-0.39, 0.29) is 22.0 Å². The first-order valence-corrected chi connectivity index (χ1v) is 10.5. The van der Waals surface area contributed by atoms with Crippen molar-refractivity contribution in [3.8, 4) is 5.75 Å². The lowest BCUT2D eigenvalue weighted by Gasteiger charge is -2.38. The Morgan fingerprint density at radius 3 is 2.81 bits per heavy atom. The fraction of sp³-hybridized carbons (Fsp3) is 0.222. The summed E-state index contributed by atoms with van der Waals surface area (Å²) in [4.78, 5) is 28.6. The molecule has 8 heteroatoms. The zero-order valence-corrected chi connectivity index (χ0v) is 16.7. The molecule has 5 rings (SSSR count). The molecule has 2 aromatic heterocycles. The Balaban J connectivity index is 1.75. The van der Waals surface area contributed by atoms with Crippen LogP contribution < -0.4 is 9.61 Å². The molecule has 0 fully saturated rings. The zero-order chi connectivity index (χ0) is 18.0. The highest BCUT2D eigenvalue weighted by Crippen LogP contribution is 2.59. The van der Waals surface area contributed by atoms with Crippen LogP contribution >= 0.6 is 39.0 Å². The molecule has 0 aliphatic carbocycles. The minimum Gasteiger partial charge on any atom is -0.465 e. The molecule has 132 valence electrons. The van der Waals surface area contributed by atoms with E-state index in [2.05, 4.69) is 20.9 Å². The lowest BCUT2D eigenvalue weighted by molar-refractivity contribution is -0.141. The molecule has 0 spiro atoms. The fourth-order valence-electron chi connectivity index (χ4n) is 3.62. The first kappa shape index (κ1) is 16.4.